The van der Waals surface area contributed by atoms with E-state index in [1.807, 2.05) is 23.7 Å². The van der Waals surface area contributed by atoms with E-state index in [1.54, 1.807) is 17.5 Å². The first-order valence-electron chi connectivity index (χ1n) is 6.61. The Labute approximate surface area is 121 Å². The summed E-state index contributed by atoms with van der Waals surface area (Å²) in [6, 6.07) is 6.50. The van der Waals surface area contributed by atoms with Crippen LogP contribution in [-0.4, -0.2) is 21.0 Å². The lowest BCUT2D eigenvalue weighted by Gasteiger charge is -2.08. The molecule has 0 saturated heterocycles. The van der Waals surface area contributed by atoms with Gasteiger partial charge in [0, 0.05) is 30.5 Å². The molecule has 0 aliphatic carbocycles. The van der Waals surface area contributed by atoms with Gasteiger partial charge in [0.25, 0.3) is 0 Å². The molecule has 0 radical (unpaired) electrons. The van der Waals surface area contributed by atoms with E-state index in [9.17, 15) is 0 Å². The van der Waals surface area contributed by atoms with Gasteiger partial charge in [0.1, 0.15) is 0 Å². The molecule has 3 aromatic heterocycles. The van der Waals surface area contributed by atoms with Gasteiger partial charge in [-0.2, -0.15) is 0 Å². The van der Waals surface area contributed by atoms with Crippen LogP contribution in [0, 0.1) is 0 Å². The van der Waals surface area contributed by atoms with Gasteiger partial charge in [-0.05, 0) is 23.6 Å². The molecule has 0 atom stereocenters. The van der Waals surface area contributed by atoms with Gasteiger partial charge in [-0.3, -0.25) is 4.98 Å². The van der Waals surface area contributed by atoms with Gasteiger partial charge < -0.3 is 5.32 Å². The quantitative estimate of drug-likeness (QED) is 0.799. The highest BCUT2D eigenvalue weighted by Crippen LogP contribution is 2.23. The Morgan fingerprint density at radius 3 is 3.00 bits per heavy atom. The zero-order valence-electron chi connectivity index (χ0n) is 11.5. The van der Waals surface area contributed by atoms with Crippen molar-refractivity contribution >= 4 is 21.6 Å². The first-order chi connectivity index (χ1) is 9.72. The van der Waals surface area contributed by atoms with Gasteiger partial charge >= 0.3 is 0 Å². The Morgan fingerprint density at radius 1 is 1.25 bits per heavy atom. The van der Waals surface area contributed by atoms with E-state index in [-0.39, 0.29) is 0 Å². The van der Waals surface area contributed by atoms with Crippen molar-refractivity contribution in [2.24, 2.45) is 0 Å². The second kappa shape index (κ2) is 5.64. The fourth-order valence-electron chi connectivity index (χ4n) is 1.91. The summed E-state index contributed by atoms with van der Waals surface area (Å²) >= 11 is 1.68. The van der Waals surface area contributed by atoms with Gasteiger partial charge in [0.15, 0.2) is 5.82 Å². The first-order valence-corrected chi connectivity index (χ1v) is 7.49. The van der Waals surface area contributed by atoms with Crippen molar-refractivity contribution in [2.45, 2.75) is 26.4 Å². The van der Waals surface area contributed by atoms with Crippen LogP contribution in [0.2, 0.25) is 0 Å². The highest BCUT2D eigenvalue weighted by atomic mass is 32.1. The zero-order chi connectivity index (χ0) is 13.9. The van der Waals surface area contributed by atoms with Crippen LogP contribution in [0.3, 0.4) is 0 Å². The van der Waals surface area contributed by atoms with Crippen molar-refractivity contribution in [2.75, 3.05) is 0 Å². The van der Waals surface area contributed by atoms with Crippen molar-refractivity contribution < 1.29 is 0 Å². The maximum Gasteiger partial charge on any atom is 0.161 e. The molecule has 3 heterocycles. The number of thiophene rings is 1. The lowest BCUT2D eigenvalue weighted by atomic mass is 10.2. The molecular weight excluding hydrogens is 268 g/mol. The van der Waals surface area contributed by atoms with Gasteiger partial charge in [-0.1, -0.05) is 13.8 Å². The molecule has 3 rings (SSSR count). The van der Waals surface area contributed by atoms with E-state index in [1.165, 1.54) is 0 Å². The van der Waals surface area contributed by atoms with Gasteiger partial charge in [0.05, 0.1) is 15.9 Å². The highest BCUT2D eigenvalue weighted by Gasteiger charge is 2.06. The van der Waals surface area contributed by atoms with Crippen LogP contribution in [0.1, 0.15) is 19.5 Å². The van der Waals surface area contributed by atoms with Crippen molar-refractivity contribution in [3.8, 4) is 11.4 Å². The minimum Gasteiger partial charge on any atom is -0.309 e. The standard InChI is InChI=1S/C15H16N4S/c1-10(2)17-9-12-3-5-16-15(19-12)11-7-14-13(18-8-11)4-6-20-14/h3-8,10,17H,9H2,1-2H3. The highest BCUT2D eigenvalue weighted by molar-refractivity contribution is 7.17. The Hall–Kier alpha value is -1.85. The summed E-state index contributed by atoms with van der Waals surface area (Å²) in [5.41, 5.74) is 2.98. The molecule has 0 spiro atoms. The first kappa shape index (κ1) is 13.1. The summed E-state index contributed by atoms with van der Waals surface area (Å²) in [5, 5.41) is 5.41. The SMILES string of the molecule is CC(C)NCc1ccnc(-c2cnc3ccsc3c2)n1. The molecule has 0 unspecified atom stereocenters. The summed E-state index contributed by atoms with van der Waals surface area (Å²) in [4.78, 5) is 13.4. The van der Waals surface area contributed by atoms with E-state index >= 15 is 0 Å². The summed E-state index contributed by atoms with van der Waals surface area (Å²) in [6.07, 6.45) is 3.64. The third-order valence-corrected chi connectivity index (χ3v) is 3.82. The average molecular weight is 284 g/mol. The topological polar surface area (TPSA) is 50.7 Å². The number of nitrogens with zero attached hydrogens (tertiary/aromatic N) is 3. The minimum atomic E-state index is 0.442. The predicted octanol–water partition coefficient (Wildman–Crippen LogP) is 3.25. The summed E-state index contributed by atoms with van der Waals surface area (Å²) < 4.78 is 1.16. The molecule has 0 aliphatic rings. The number of fused-ring (bicyclic) bond motifs is 1. The number of aromatic nitrogens is 3. The van der Waals surface area contributed by atoms with E-state index in [0.29, 0.717) is 6.04 Å². The van der Waals surface area contributed by atoms with Crippen molar-refractivity contribution in [1.82, 2.24) is 20.3 Å². The Balaban J connectivity index is 1.90. The Morgan fingerprint density at radius 2 is 2.15 bits per heavy atom. The number of nitrogens with one attached hydrogen (secondary N) is 1. The Kier molecular flexibility index (Phi) is 3.71. The van der Waals surface area contributed by atoms with Gasteiger partial charge in [-0.15, -0.1) is 11.3 Å². The minimum absolute atomic E-state index is 0.442. The number of rotatable bonds is 4. The molecule has 0 bridgehead atoms. The zero-order valence-corrected chi connectivity index (χ0v) is 12.3. The molecule has 102 valence electrons. The maximum absolute atomic E-state index is 4.60. The lowest BCUT2D eigenvalue weighted by Crippen LogP contribution is -2.22. The molecule has 0 saturated carbocycles. The maximum atomic E-state index is 4.60. The van der Waals surface area contributed by atoms with Crippen LogP contribution in [-0.2, 0) is 6.54 Å². The summed E-state index contributed by atoms with van der Waals surface area (Å²) in [5.74, 6) is 0.732. The molecule has 3 aromatic rings. The number of hydrogen-bond donors (Lipinski definition) is 1. The Bertz CT molecular complexity index is 720. The van der Waals surface area contributed by atoms with Crippen molar-refractivity contribution in [1.29, 1.82) is 0 Å². The molecule has 5 heteroatoms. The van der Waals surface area contributed by atoms with Crippen LogP contribution in [0.15, 0.2) is 36.0 Å². The largest absolute Gasteiger partial charge is 0.309 e. The fraction of sp³-hybridized carbons (Fsp3) is 0.267. The fourth-order valence-corrected chi connectivity index (χ4v) is 2.69. The monoisotopic (exact) mass is 284 g/mol. The summed E-state index contributed by atoms with van der Waals surface area (Å²) in [6.45, 7) is 5.00. The molecule has 0 aromatic carbocycles. The van der Waals surface area contributed by atoms with Crippen LogP contribution >= 0.6 is 11.3 Å². The van der Waals surface area contributed by atoms with Gasteiger partial charge in [-0.25, -0.2) is 9.97 Å². The third kappa shape index (κ3) is 2.84. The molecule has 0 amide bonds. The predicted molar refractivity (Wildman–Crippen MR) is 82.6 cm³/mol. The van der Waals surface area contributed by atoms with Crippen LogP contribution in [0.4, 0.5) is 0 Å². The van der Waals surface area contributed by atoms with E-state index < -0.39 is 0 Å². The smallest absolute Gasteiger partial charge is 0.161 e. The van der Waals surface area contributed by atoms with Crippen LogP contribution in [0.25, 0.3) is 21.6 Å². The average Bonchev–Trinajstić information content (AvgIpc) is 2.93. The molecule has 1 N–H and O–H groups in total. The normalized spacial score (nSPS) is 11.3. The second-order valence-electron chi connectivity index (χ2n) is 4.94. The molecular formula is C15H16N4S. The van der Waals surface area contributed by atoms with Crippen molar-refractivity contribution in [3.63, 3.8) is 0 Å². The number of pyridine rings is 1. The van der Waals surface area contributed by atoms with Crippen LogP contribution < -0.4 is 5.32 Å². The van der Waals surface area contributed by atoms with E-state index in [2.05, 4.69) is 40.2 Å². The molecule has 0 aliphatic heterocycles. The van der Waals surface area contributed by atoms with E-state index in [4.69, 9.17) is 0 Å². The van der Waals surface area contributed by atoms with Crippen molar-refractivity contribution in [3.05, 3.63) is 41.7 Å². The van der Waals surface area contributed by atoms with Crippen LogP contribution in [0.5, 0.6) is 0 Å². The summed E-state index contributed by atoms with van der Waals surface area (Å²) in [7, 11) is 0. The van der Waals surface area contributed by atoms with Gasteiger partial charge in [0.2, 0.25) is 0 Å². The van der Waals surface area contributed by atoms with E-state index in [0.717, 1.165) is 33.8 Å². The molecule has 4 nitrogen and oxygen atoms in total. The second-order valence-corrected chi connectivity index (χ2v) is 5.88. The third-order valence-electron chi connectivity index (χ3n) is 2.97. The lowest BCUT2D eigenvalue weighted by molar-refractivity contribution is 0.581. The molecule has 20 heavy (non-hydrogen) atoms. The molecule has 0 fully saturated rings. The number of hydrogen-bond acceptors (Lipinski definition) is 5.